The van der Waals surface area contributed by atoms with Crippen LogP contribution in [0.2, 0.25) is 0 Å². The lowest BCUT2D eigenvalue weighted by molar-refractivity contribution is 0.293. The van der Waals surface area contributed by atoms with Gasteiger partial charge in [0.2, 0.25) is 0 Å². The fourth-order valence-corrected chi connectivity index (χ4v) is 3.17. The number of likely N-dealkylation sites (tertiary alicyclic amines) is 1. The van der Waals surface area contributed by atoms with Crippen LogP contribution in [0, 0.1) is 0 Å². The first-order valence-electron chi connectivity index (χ1n) is 9.36. The van der Waals surface area contributed by atoms with Crippen molar-refractivity contribution in [3.8, 4) is 5.75 Å². The fraction of sp³-hybridized carbons (Fsp3) is 0.429. The molecular weight excluding hydrogens is 310 g/mol. The standard InChI is InChI=1S/C21H29N3O/c1-2-14-25-21-11-10-18(15-19(21)17-24-12-6-7-13-24)16-22-23-20-8-4-3-5-9-20/h3-5,8-11,15,22-23H,2,6-7,12-14,16-17H2,1H3. The highest BCUT2D eigenvalue weighted by Gasteiger charge is 2.15. The maximum absolute atomic E-state index is 5.96. The fourth-order valence-electron chi connectivity index (χ4n) is 3.17. The highest BCUT2D eigenvalue weighted by molar-refractivity contribution is 5.42. The Morgan fingerprint density at radius 2 is 1.84 bits per heavy atom. The average molecular weight is 339 g/mol. The van der Waals surface area contributed by atoms with Crippen LogP contribution in [0.25, 0.3) is 0 Å². The number of hydrogen-bond donors (Lipinski definition) is 2. The average Bonchev–Trinajstić information content (AvgIpc) is 3.15. The van der Waals surface area contributed by atoms with Crippen LogP contribution in [0.15, 0.2) is 48.5 Å². The van der Waals surface area contributed by atoms with Gasteiger partial charge in [-0.25, -0.2) is 5.43 Å². The minimum atomic E-state index is 0.774. The zero-order valence-corrected chi connectivity index (χ0v) is 15.1. The van der Waals surface area contributed by atoms with Crippen LogP contribution in [0.1, 0.15) is 37.3 Å². The molecule has 1 aliphatic rings. The van der Waals surface area contributed by atoms with Crippen LogP contribution < -0.4 is 15.6 Å². The van der Waals surface area contributed by atoms with Crippen molar-refractivity contribution in [2.75, 3.05) is 25.1 Å². The summed E-state index contributed by atoms with van der Waals surface area (Å²) in [6.07, 6.45) is 3.66. The second-order valence-corrected chi connectivity index (χ2v) is 6.62. The summed E-state index contributed by atoms with van der Waals surface area (Å²) < 4.78 is 5.96. The quantitative estimate of drug-likeness (QED) is 0.672. The largest absolute Gasteiger partial charge is 0.493 e. The molecule has 2 aromatic rings. The summed E-state index contributed by atoms with van der Waals surface area (Å²) >= 11 is 0. The third-order valence-electron chi connectivity index (χ3n) is 4.48. The molecule has 2 N–H and O–H groups in total. The SMILES string of the molecule is CCCOc1ccc(CNNc2ccccc2)cc1CN1CCCC1. The minimum absolute atomic E-state index is 0.774. The zero-order valence-electron chi connectivity index (χ0n) is 15.1. The highest BCUT2D eigenvalue weighted by Crippen LogP contribution is 2.24. The van der Waals surface area contributed by atoms with Crippen molar-refractivity contribution < 1.29 is 4.74 Å². The van der Waals surface area contributed by atoms with E-state index in [9.17, 15) is 0 Å². The molecule has 134 valence electrons. The molecule has 0 amide bonds. The maximum atomic E-state index is 5.96. The van der Waals surface area contributed by atoms with Crippen molar-refractivity contribution >= 4 is 5.69 Å². The van der Waals surface area contributed by atoms with Crippen molar-refractivity contribution in [2.24, 2.45) is 0 Å². The molecule has 4 nitrogen and oxygen atoms in total. The molecule has 1 aliphatic heterocycles. The third kappa shape index (κ3) is 5.48. The molecule has 25 heavy (non-hydrogen) atoms. The van der Waals surface area contributed by atoms with Gasteiger partial charge in [-0.1, -0.05) is 31.2 Å². The zero-order chi connectivity index (χ0) is 17.3. The van der Waals surface area contributed by atoms with E-state index in [1.165, 1.54) is 37.1 Å². The van der Waals surface area contributed by atoms with Gasteiger partial charge in [0.15, 0.2) is 0 Å². The number of rotatable bonds is 9. The number of nitrogens with zero attached hydrogens (tertiary/aromatic N) is 1. The number of hydrogen-bond acceptors (Lipinski definition) is 4. The summed E-state index contributed by atoms with van der Waals surface area (Å²) in [6, 6.07) is 16.7. The first-order chi connectivity index (χ1) is 12.3. The molecule has 4 heteroatoms. The van der Waals surface area contributed by atoms with E-state index < -0.39 is 0 Å². The Morgan fingerprint density at radius 1 is 1.04 bits per heavy atom. The summed E-state index contributed by atoms with van der Waals surface area (Å²) in [5.41, 5.74) is 10.2. The van der Waals surface area contributed by atoms with Crippen molar-refractivity contribution in [1.29, 1.82) is 0 Å². The molecule has 0 atom stereocenters. The van der Waals surface area contributed by atoms with Gasteiger partial charge < -0.3 is 10.2 Å². The Bertz CT molecular complexity index is 639. The second-order valence-electron chi connectivity index (χ2n) is 6.62. The van der Waals surface area contributed by atoms with Crippen LogP contribution in [-0.4, -0.2) is 24.6 Å². The number of benzene rings is 2. The van der Waals surface area contributed by atoms with Crippen LogP contribution in [0.5, 0.6) is 5.75 Å². The van der Waals surface area contributed by atoms with Gasteiger partial charge in [0.25, 0.3) is 0 Å². The molecule has 3 rings (SSSR count). The molecule has 0 aliphatic carbocycles. The van der Waals surface area contributed by atoms with Crippen molar-refractivity contribution in [3.05, 3.63) is 59.7 Å². The summed E-state index contributed by atoms with van der Waals surface area (Å²) in [7, 11) is 0. The molecular formula is C21H29N3O. The van der Waals surface area contributed by atoms with Crippen molar-refractivity contribution in [3.63, 3.8) is 0 Å². The molecule has 2 aromatic carbocycles. The van der Waals surface area contributed by atoms with E-state index in [4.69, 9.17) is 4.74 Å². The summed E-state index contributed by atoms with van der Waals surface area (Å²) in [4.78, 5) is 2.52. The van der Waals surface area contributed by atoms with Gasteiger partial charge in [-0.2, -0.15) is 0 Å². The Balaban J connectivity index is 1.62. The van der Waals surface area contributed by atoms with E-state index in [1.54, 1.807) is 0 Å². The molecule has 0 spiro atoms. The molecule has 0 saturated carbocycles. The number of ether oxygens (including phenoxy) is 1. The Hall–Kier alpha value is -2.04. The van der Waals surface area contributed by atoms with Crippen LogP contribution in [0.4, 0.5) is 5.69 Å². The normalized spacial score (nSPS) is 14.6. The van der Waals surface area contributed by atoms with Crippen LogP contribution in [0.3, 0.4) is 0 Å². The van der Waals surface area contributed by atoms with E-state index >= 15 is 0 Å². The lowest BCUT2D eigenvalue weighted by atomic mass is 10.1. The maximum Gasteiger partial charge on any atom is 0.123 e. The van der Waals surface area contributed by atoms with Gasteiger partial charge in [-0.15, -0.1) is 0 Å². The van der Waals surface area contributed by atoms with Gasteiger partial charge in [0.1, 0.15) is 5.75 Å². The number of para-hydroxylation sites is 1. The predicted octanol–water partition coefficient (Wildman–Crippen LogP) is 4.19. The smallest absolute Gasteiger partial charge is 0.123 e. The lowest BCUT2D eigenvalue weighted by Crippen LogP contribution is -2.22. The van der Waals surface area contributed by atoms with Crippen molar-refractivity contribution in [2.45, 2.75) is 39.3 Å². The molecule has 0 aromatic heterocycles. The molecule has 0 bridgehead atoms. The topological polar surface area (TPSA) is 36.5 Å². The summed E-state index contributed by atoms with van der Waals surface area (Å²) in [5, 5.41) is 0. The van der Waals surface area contributed by atoms with E-state index in [0.29, 0.717) is 0 Å². The first kappa shape index (κ1) is 17.8. The van der Waals surface area contributed by atoms with Gasteiger partial charge in [0.05, 0.1) is 6.61 Å². The van der Waals surface area contributed by atoms with E-state index in [1.807, 2.05) is 30.3 Å². The number of anilines is 1. The van der Waals surface area contributed by atoms with Crippen LogP contribution in [-0.2, 0) is 13.1 Å². The molecule has 1 saturated heterocycles. The van der Waals surface area contributed by atoms with E-state index in [-0.39, 0.29) is 0 Å². The van der Waals surface area contributed by atoms with Gasteiger partial charge in [-0.3, -0.25) is 4.90 Å². The van der Waals surface area contributed by atoms with Gasteiger partial charge in [0, 0.05) is 24.3 Å². The third-order valence-corrected chi connectivity index (χ3v) is 4.48. The van der Waals surface area contributed by atoms with Crippen molar-refractivity contribution in [1.82, 2.24) is 10.3 Å². The number of nitrogens with one attached hydrogen (secondary N) is 2. The summed E-state index contributed by atoms with van der Waals surface area (Å²) in [5.74, 6) is 1.04. The minimum Gasteiger partial charge on any atom is -0.493 e. The van der Waals surface area contributed by atoms with E-state index in [0.717, 1.165) is 37.6 Å². The second kappa shape index (κ2) is 9.44. The summed E-state index contributed by atoms with van der Waals surface area (Å²) in [6.45, 7) is 7.08. The first-order valence-corrected chi connectivity index (χ1v) is 9.36. The van der Waals surface area contributed by atoms with Gasteiger partial charge in [-0.05, 0) is 62.2 Å². The number of hydrazine groups is 1. The monoisotopic (exact) mass is 339 g/mol. The van der Waals surface area contributed by atoms with E-state index in [2.05, 4.69) is 40.9 Å². The Labute approximate surface area is 151 Å². The van der Waals surface area contributed by atoms with Gasteiger partial charge >= 0.3 is 0 Å². The highest BCUT2D eigenvalue weighted by atomic mass is 16.5. The lowest BCUT2D eigenvalue weighted by Gasteiger charge is -2.19. The molecule has 1 fully saturated rings. The molecule has 1 heterocycles. The predicted molar refractivity (Wildman–Crippen MR) is 104 cm³/mol. The molecule has 0 radical (unpaired) electrons. The Morgan fingerprint density at radius 3 is 2.60 bits per heavy atom. The Kier molecular flexibility index (Phi) is 6.71. The molecule has 0 unspecified atom stereocenters. The van der Waals surface area contributed by atoms with Crippen LogP contribution >= 0.6 is 0 Å².